The number of nitrogens with one attached hydrogen (secondary N) is 3. The van der Waals surface area contributed by atoms with E-state index in [-0.39, 0.29) is 11.7 Å². The maximum Gasteiger partial charge on any atom is 0.222 e. The van der Waals surface area contributed by atoms with Gasteiger partial charge in [0, 0.05) is 35.3 Å². The van der Waals surface area contributed by atoms with Crippen molar-refractivity contribution in [1.29, 1.82) is 0 Å². The van der Waals surface area contributed by atoms with E-state index in [2.05, 4.69) is 38.8 Å². The number of anilines is 3. The van der Waals surface area contributed by atoms with Gasteiger partial charge >= 0.3 is 0 Å². The van der Waals surface area contributed by atoms with Crippen molar-refractivity contribution >= 4 is 40.8 Å². The fourth-order valence-corrected chi connectivity index (χ4v) is 4.66. The molecule has 3 N–H and O–H groups in total. The Balaban J connectivity index is 1.79. The van der Waals surface area contributed by atoms with Gasteiger partial charge in [-0.1, -0.05) is 44.0 Å². The Morgan fingerprint density at radius 3 is 2.68 bits per heavy atom. The standard InChI is InChI=1S/C23H25N5O2S/c1-14(2)31-28-12-18-21(19(30)13-28)23(26-17-7-5-4-6-8-17)22(27-18)16-9-10-24-20(11-16)25-15(3)29/h4-11,14,26-27H,12-13H2,1-3H3,(H,24,25,29). The molecule has 3 heterocycles. The van der Waals surface area contributed by atoms with Crippen LogP contribution in [0.15, 0.2) is 48.7 Å². The summed E-state index contributed by atoms with van der Waals surface area (Å²) < 4.78 is 2.09. The highest BCUT2D eigenvalue weighted by Gasteiger charge is 2.31. The van der Waals surface area contributed by atoms with Crippen LogP contribution in [0, 0.1) is 0 Å². The van der Waals surface area contributed by atoms with Crippen LogP contribution < -0.4 is 10.6 Å². The first-order valence-corrected chi connectivity index (χ1v) is 11.0. The van der Waals surface area contributed by atoms with Gasteiger partial charge in [0.05, 0.1) is 30.0 Å². The Morgan fingerprint density at radius 2 is 1.97 bits per heavy atom. The number of amides is 1. The third-order valence-electron chi connectivity index (χ3n) is 4.77. The van der Waals surface area contributed by atoms with E-state index in [1.807, 2.05) is 36.4 Å². The number of H-pyrrole nitrogens is 1. The summed E-state index contributed by atoms with van der Waals surface area (Å²) in [5.41, 5.74) is 4.86. The molecule has 0 unspecified atom stereocenters. The molecule has 1 aliphatic heterocycles. The van der Waals surface area contributed by atoms with Crippen LogP contribution in [-0.2, 0) is 11.3 Å². The van der Waals surface area contributed by atoms with Crippen LogP contribution in [0.5, 0.6) is 0 Å². The van der Waals surface area contributed by atoms with Crippen molar-refractivity contribution in [2.45, 2.75) is 32.6 Å². The van der Waals surface area contributed by atoms with Gasteiger partial charge in [-0.25, -0.2) is 9.29 Å². The van der Waals surface area contributed by atoms with E-state index < -0.39 is 0 Å². The molecule has 1 aliphatic rings. The molecule has 0 atom stereocenters. The van der Waals surface area contributed by atoms with Crippen LogP contribution in [0.1, 0.15) is 36.8 Å². The van der Waals surface area contributed by atoms with E-state index in [0.29, 0.717) is 29.7 Å². The molecule has 1 aromatic carbocycles. The second kappa shape index (κ2) is 8.95. The molecule has 0 saturated heterocycles. The lowest BCUT2D eigenvalue weighted by Crippen LogP contribution is -2.31. The predicted octanol–water partition coefficient (Wildman–Crippen LogP) is 4.83. The third kappa shape index (κ3) is 4.81. The quantitative estimate of drug-likeness (QED) is 0.480. The molecule has 31 heavy (non-hydrogen) atoms. The largest absolute Gasteiger partial charge is 0.355 e. The minimum Gasteiger partial charge on any atom is -0.355 e. The van der Waals surface area contributed by atoms with Crippen LogP contribution in [0.4, 0.5) is 17.2 Å². The van der Waals surface area contributed by atoms with Gasteiger partial charge in [-0.2, -0.15) is 0 Å². The van der Waals surface area contributed by atoms with Crippen molar-refractivity contribution in [3.05, 3.63) is 59.9 Å². The second-order valence-electron chi connectivity index (χ2n) is 7.71. The summed E-state index contributed by atoms with van der Waals surface area (Å²) in [6.07, 6.45) is 1.65. The molecular weight excluding hydrogens is 410 g/mol. The number of aromatic amines is 1. The predicted molar refractivity (Wildman–Crippen MR) is 126 cm³/mol. The average molecular weight is 436 g/mol. The Bertz CT molecular complexity index is 1110. The fraction of sp³-hybridized carbons (Fsp3) is 0.261. The number of hydrogen-bond acceptors (Lipinski definition) is 6. The number of carbonyl (C=O) groups excluding carboxylic acids is 2. The molecule has 4 rings (SSSR count). The number of ketones is 1. The van der Waals surface area contributed by atoms with E-state index in [0.717, 1.165) is 28.3 Å². The third-order valence-corrected chi connectivity index (χ3v) is 5.74. The smallest absolute Gasteiger partial charge is 0.222 e. The first kappa shape index (κ1) is 21.1. The first-order chi connectivity index (χ1) is 14.9. The zero-order valence-electron chi connectivity index (χ0n) is 17.7. The highest BCUT2D eigenvalue weighted by molar-refractivity contribution is 7.97. The minimum absolute atomic E-state index is 0.0754. The van der Waals surface area contributed by atoms with Gasteiger partial charge in [0.2, 0.25) is 5.91 Å². The van der Waals surface area contributed by atoms with Crippen LogP contribution in [0.3, 0.4) is 0 Å². The van der Waals surface area contributed by atoms with Gasteiger partial charge in [0.1, 0.15) is 5.82 Å². The summed E-state index contributed by atoms with van der Waals surface area (Å²) >= 11 is 1.68. The molecule has 2 aromatic heterocycles. The average Bonchev–Trinajstić information content (AvgIpc) is 3.06. The summed E-state index contributed by atoms with van der Waals surface area (Å²) in [4.78, 5) is 32.3. The van der Waals surface area contributed by atoms with Crippen molar-refractivity contribution in [2.24, 2.45) is 0 Å². The van der Waals surface area contributed by atoms with Gasteiger partial charge in [-0.3, -0.25) is 9.59 Å². The van der Waals surface area contributed by atoms with Crippen LogP contribution in [0.2, 0.25) is 0 Å². The van der Waals surface area contributed by atoms with E-state index in [4.69, 9.17) is 0 Å². The minimum atomic E-state index is -0.186. The lowest BCUT2D eigenvalue weighted by atomic mass is 10.0. The number of carbonyl (C=O) groups is 2. The lowest BCUT2D eigenvalue weighted by Gasteiger charge is -2.26. The molecule has 0 bridgehead atoms. The zero-order chi connectivity index (χ0) is 22.0. The van der Waals surface area contributed by atoms with Gasteiger partial charge < -0.3 is 15.6 Å². The topological polar surface area (TPSA) is 90.1 Å². The highest BCUT2D eigenvalue weighted by atomic mass is 32.2. The maximum absolute atomic E-state index is 13.2. The van der Waals surface area contributed by atoms with E-state index in [1.165, 1.54) is 6.92 Å². The molecule has 0 saturated carbocycles. The van der Waals surface area contributed by atoms with Crippen molar-refractivity contribution < 1.29 is 9.59 Å². The molecule has 0 radical (unpaired) electrons. The number of para-hydroxylation sites is 1. The summed E-state index contributed by atoms with van der Waals surface area (Å²) in [5.74, 6) is 0.354. The highest BCUT2D eigenvalue weighted by Crippen LogP contribution is 2.39. The number of nitrogens with zero attached hydrogens (tertiary/aromatic N) is 2. The number of rotatable bonds is 6. The van der Waals surface area contributed by atoms with Crippen molar-refractivity contribution in [2.75, 3.05) is 17.2 Å². The lowest BCUT2D eigenvalue weighted by molar-refractivity contribution is -0.114. The molecule has 3 aromatic rings. The molecular formula is C23H25N5O2S. The number of pyridine rings is 1. The second-order valence-corrected chi connectivity index (χ2v) is 9.38. The molecule has 0 spiro atoms. The summed E-state index contributed by atoms with van der Waals surface area (Å²) in [6, 6.07) is 13.5. The molecule has 0 aliphatic carbocycles. The molecule has 0 fully saturated rings. The van der Waals surface area contributed by atoms with Crippen molar-refractivity contribution in [3.8, 4) is 11.3 Å². The van der Waals surface area contributed by atoms with Gasteiger partial charge in [-0.15, -0.1) is 0 Å². The number of fused-ring (bicyclic) bond motifs is 1. The van der Waals surface area contributed by atoms with Crippen LogP contribution >= 0.6 is 11.9 Å². The van der Waals surface area contributed by atoms with Gasteiger partial charge in [0.15, 0.2) is 5.78 Å². The van der Waals surface area contributed by atoms with Crippen LogP contribution in [-0.4, -0.2) is 37.8 Å². The number of hydrogen-bond donors (Lipinski definition) is 3. The van der Waals surface area contributed by atoms with Crippen molar-refractivity contribution in [3.63, 3.8) is 0 Å². The monoisotopic (exact) mass is 435 g/mol. The SMILES string of the molecule is CC(=O)Nc1cc(-c2[nH]c3c(c2Nc2ccccc2)C(=O)CN(SC(C)C)C3)ccn1. The Labute approximate surface area is 185 Å². The number of aromatic nitrogens is 2. The molecule has 160 valence electrons. The molecule has 7 nitrogen and oxygen atoms in total. The molecule has 8 heteroatoms. The normalized spacial score (nSPS) is 13.9. The Hall–Kier alpha value is -3.10. The number of benzene rings is 1. The molecule has 1 amide bonds. The van der Waals surface area contributed by atoms with Gasteiger partial charge in [-0.05, 0) is 24.3 Å². The van der Waals surface area contributed by atoms with Crippen LogP contribution in [0.25, 0.3) is 11.3 Å². The summed E-state index contributed by atoms with van der Waals surface area (Å²) in [5, 5.41) is 6.56. The fourth-order valence-electron chi connectivity index (χ4n) is 3.66. The maximum atomic E-state index is 13.2. The Kier molecular flexibility index (Phi) is 6.11. The van der Waals surface area contributed by atoms with Gasteiger partial charge in [0.25, 0.3) is 0 Å². The van der Waals surface area contributed by atoms with E-state index >= 15 is 0 Å². The number of Topliss-reactive ketones (excluding diaryl/α,β-unsaturated/α-hetero) is 1. The van der Waals surface area contributed by atoms with E-state index in [1.54, 1.807) is 24.2 Å². The summed E-state index contributed by atoms with van der Waals surface area (Å²) in [6.45, 7) is 6.70. The summed E-state index contributed by atoms with van der Waals surface area (Å²) in [7, 11) is 0. The van der Waals surface area contributed by atoms with Crippen molar-refractivity contribution in [1.82, 2.24) is 14.3 Å². The first-order valence-electron chi connectivity index (χ1n) is 10.2. The Morgan fingerprint density at radius 1 is 1.19 bits per heavy atom. The zero-order valence-corrected chi connectivity index (χ0v) is 18.5. The van der Waals surface area contributed by atoms with E-state index in [9.17, 15) is 9.59 Å².